The van der Waals surface area contributed by atoms with Gasteiger partial charge in [0.1, 0.15) is 28.4 Å². The van der Waals surface area contributed by atoms with E-state index in [0.717, 1.165) is 5.56 Å². The van der Waals surface area contributed by atoms with E-state index in [-0.39, 0.29) is 5.82 Å². The molecule has 4 aromatic rings. The highest BCUT2D eigenvalue weighted by molar-refractivity contribution is 7.11. The molecule has 2 aromatic heterocycles. The number of nitrogens with zero attached hydrogens (tertiary/aromatic N) is 2. The molecule has 0 atom stereocenters. The Morgan fingerprint density at radius 1 is 1.10 bits per heavy atom. The summed E-state index contributed by atoms with van der Waals surface area (Å²) in [6, 6.07) is 16.9. The Balaban J connectivity index is 1.63. The average Bonchev–Trinajstić information content (AvgIpc) is 3.36. The fourth-order valence-electron chi connectivity index (χ4n) is 2.70. The molecule has 0 radical (unpaired) electrons. The van der Waals surface area contributed by atoms with Gasteiger partial charge in [-0.05, 0) is 54.6 Å². The molecule has 2 heterocycles. The van der Waals surface area contributed by atoms with E-state index in [9.17, 15) is 9.65 Å². The molecule has 0 fully saturated rings. The summed E-state index contributed by atoms with van der Waals surface area (Å²) in [5.41, 5.74) is 2.54. The van der Waals surface area contributed by atoms with Crippen molar-refractivity contribution in [2.24, 2.45) is 0 Å². The molecule has 3 nitrogen and oxygen atoms in total. The molecule has 0 spiro atoms. The Bertz CT molecular complexity index is 1250. The molecule has 0 aliphatic heterocycles. The SMILES string of the molecule is N#C/C(=C\c1ccc(-c2ccc(Cl)cc2Cl)o1)c1nc(-c2ccc(F)cc2)cs1. The zero-order valence-electron chi connectivity index (χ0n) is 14.7. The second kappa shape index (κ2) is 8.22. The number of hydrogen-bond donors (Lipinski definition) is 0. The Labute approximate surface area is 180 Å². The zero-order valence-corrected chi connectivity index (χ0v) is 17.0. The lowest BCUT2D eigenvalue weighted by atomic mass is 10.2. The van der Waals surface area contributed by atoms with E-state index < -0.39 is 0 Å². The second-order valence-corrected chi connectivity index (χ2v) is 7.74. The Morgan fingerprint density at radius 2 is 1.90 bits per heavy atom. The van der Waals surface area contributed by atoms with Crippen LogP contribution in [0.2, 0.25) is 10.0 Å². The van der Waals surface area contributed by atoms with Crippen LogP contribution in [-0.2, 0) is 0 Å². The van der Waals surface area contributed by atoms with E-state index in [1.807, 2.05) is 5.38 Å². The number of hydrogen-bond acceptors (Lipinski definition) is 4. The smallest absolute Gasteiger partial charge is 0.136 e. The predicted molar refractivity (Wildman–Crippen MR) is 115 cm³/mol. The quantitative estimate of drug-likeness (QED) is 0.307. The number of furan rings is 1. The van der Waals surface area contributed by atoms with Gasteiger partial charge in [-0.15, -0.1) is 11.3 Å². The molecule has 0 unspecified atom stereocenters. The third-order valence-electron chi connectivity index (χ3n) is 4.10. The normalized spacial score (nSPS) is 11.4. The largest absolute Gasteiger partial charge is 0.457 e. The van der Waals surface area contributed by atoms with Crippen molar-refractivity contribution in [1.82, 2.24) is 4.98 Å². The summed E-state index contributed by atoms with van der Waals surface area (Å²) >= 11 is 13.5. The van der Waals surface area contributed by atoms with Crippen LogP contribution in [0.3, 0.4) is 0 Å². The summed E-state index contributed by atoms with van der Waals surface area (Å²) in [6.07, 6.45) is 1.63. The van der Waals surface area contributed by atoms with E-state index in [1.54, 1.807) is 48.5 Å². The van der Waals surface area contributed by atoms with Gasteiger partial charge in [-0.2, -0.15) is 5.26 Å². The van der Waals surface area contributed by atoms with Crippen molar-refractivity contribution in [3.8, 4) is 28.7 Å². The molecule has 29 heavy (non-hydrogen) atoms. The molecule has 0 saturated heterocycles. The van der Waals surface area contributed by atoms with Gasteiger partial charge in [0, 0.05) is 27.6 Å². The van der Waals surface area contributed by atoms with Crippen molar-refractivity contribution in [2.75, 3.05) is 0 Å². The molecular formula is C22H11Cl2FN2OS. The Kier molecular flexibility index (Phi) is 5.50. The maximum Gasteiger partial charge on any atom is 0.136 e. The number of rotatable bonds is 4. The van der Waals surface area contributed by atoms with Crippen molar-refractivity contribution >= 4 is 46.2 Å². The van der Waals surface area contributed by atoms with Crippen molar-refractivity contribution in [3.05, 3.63) is 86.6 Å². The van der Waals surface area contributed by atoms with Crippen molar-refractivity contribution in [1.29, 1.82) is 5.26 Å². The van der Waals surface area contributed by atoms with E-state index in [0.29, 0.717) is 43.4 Å². The molecule has 0 aliphatic rings. The van der Waals surface area contributed by atoms with Gasteiger partial charge in [-0.1, -0.05) is 23.2 Å². The molecule has 0 aliphatic carbocycles. The number of thiazole rings is 1. The maximum absolute atomic E-state index is 13.1. The molecular weight excluding hydrogens is 430 g/mol. The molecule has 0 saturated carbocycles. The van der Waals surface area contributed by atoms with Crippen molar-refractivity contribution in [2.45, 2.75) is 0 Å². The van der Waals surface area contributed by atoms with Crippen LogP contribution in [0.25, 0.3) is 34.2 Å². The van der Waals surface area contributed by atoms with Crippen LogP contribution in [0.5, 0.6) is 0 Å². The lowest BCUT2D eigenvalue weighted by Gasteiger charge is -2.01. The molecule has 142 valence electrons. The number of allylic oxidation sites excluding steroid dienone is 1. The molecule has 0 bridgehead atoms. The minimum absolute atomic E-state index is 0.309. The van der Waals surface area contributed by atoms with Crippen molar-refractivity contribution < 1.29 is 8.81 Å². The van der Waals surface area contributed by atoms with Gasteiger partial charge in [0.2, 0.25) is 0 Å². The third kappa shape index (κ3) is 4.25. The number of benzene rings is 2. The summed E-state index contributed by atoms with van der Waals surface area (Å²) in [5, 5.41) is 13.0. The molecule has 0 amide bonds. The number of nitriles is 1. The first-order valence-electron chi connectivity index (χ1n) is 8.42. The fraction of sp³-hybridized carbons (Fsp3) is 0. The van der Waals surface area contributed by atoms with Crippen LogP contribution < -0.4 is 0 Å². The number of aromatic nitrogens is 1. The lowest BCUT2D eigenvalue weighted by molar-refractivity contribution is 0.572. The first-order valence-corrected chi connectivity index (χ1v) is 10.1. The zero-order chi connectivity index (χ0) is 20.4. The van der Waals surface area contributed by atoms with Crippen LogP contribution in [0.4, 0.5) is 4.39 Å². The lowest BCUT2D eigenvalue weighted by Crippen LogP contribution is -1.83. The van der Waals surface area contributed by atoms with E-state index in [4.69, 9.17) is 27.6 Å². The molecule has 7 heteroatoms. The molecule has 4 rings (SSSR count). The van der Waals surface area contributed by atoms with E-state index in [1.165, 1.54) is 23.5 Å². The van der Waals surface area contributed by atoms with Crippen LogP contribution in [0, 0.1) is 17.1 Å². The highest BCUT2D eigenvalue weighted by Crippen LogP contribution is 2.33. The predicted octanol–water partition coefficient (Wildman–Crippen LogP) is 7.58. The highest BCUT2D eigenvalue weighted by Gasteiger charge is 2.12. The maximum atomic E-state index is 13.1. The average molecular weight is 441 g/mol. The summed E-state index contributed by atoms with van der Waals surface area (Å²) < 4.78 is 18.9. The van der Waals surface area contributed by atoms with Gasteiger partial charge >= 0.3 is 0 Å². The third-order valence-corrected chi connectivity index (χ3v) is 5.53. The van der Waals surface area contributed by atoms with Gasteiger partial charge in [-0.25, -0.2) is 9.37 Å². The van der Waals surface area contributed by atoms with Crippen LogP contribution in [0.15, 0.2) is 64.4 Å². The highest BCUT2D eigenvalue weighted by atomic mass is 35.5. The van der Waals surface area contributed by atoms with Crippen LogP contribution >= 0.6 is 34.5 Å². The summed E-state index contributed by atoms with van der Waals surface area (Å²) in [5.74, 6) is 0.763. The summed E-state index contributed by atoms with van der Waals surface area (Å²) in [6.45, 7) is 0. The van der Waals surface area contributed by atoms with Gasteiger partial charge in [0.25, 0.3) is 0 Å². The van der Waals surface area contributed by atoms with Crippen LogP contribution in [-0.4, -0.2) is 4.98 Å². The summed E-state index contributed by atoms with van der Waals surface area (Å²) in [4.78, 5) is 4.49. The standard InChI is InChI=1S/C22H11Cl2FN2OS/c23-15-3-7-18(19(24)10-15)21-8-6-17(28-21)9-14(11-26)22-27-20(12-29-22)13-1-4-16(25)5-2-13/h1-10,12H/b14-9+. The molecule has 0 N–H and O–H groups in total. The second-order valence-electron chi connectivity index (χ2n) is 6.04. The Hall–Kier alpha value is -2.91. The first kappa shape index (κ1) is 19.4. The van der Waals surface area contributed by atoms with Gasteiger partial charge in [-0.3, -0.25) is 0 Å². The number of halogens is 3. The van der Waals surface area contributed by atoms with Crippen molar-refractivity contribution in [3.63, 3.8) is 0 Å². The fourth-order valence-corrected chi connectivity index (χ4v) is 4.00. The Morgan fingerprint density at radius 3 is 2.62 bits per heavy atom. The minimum atomic E-state index is -0.309. The van der Waals surface area contributed by atoms with Gasteiger partial charge in [0.05, 0.1) is 16.3 Å². The molecule has 2 aromatic carbocycles. The van der Waals surface area contributed by atoms with E-state index in [2.05, 4.69) is 11.1 Å². The summed E-state index contributed by atoms with van der Waals surface area (Å²) in [7, 11) is 0. The minimum Gasteiger partial charge on any atom is -0.457 e. The van der Waals surface area contributed by atoms with Gasteiger partial charge < -0.3 is 4.42 Å². The van der Waals surface area contributed by atoms with Gasteiger partial charge in [0.15, 0.2) is 0 Å². The van der Waals surface area contributed by atoms with Crippen LogP contribution in [0.1, 0.15) is 10.8 Å². The first-order chi connectivity index (χ1) is 14.0. The van der Waals surface area contributed by atoms with E-state index >= 15 is 0 Å². The topological polar surface area (TPSA) is 49.8 Å². The monoisotopic (exact) mass is 440 g/mol.